The highest BCUT2D eigenvalue weighted by atomic mass is 19.1. The van der Waals surface area contributed by atoms with E-state index in [0.717, 1.165) is 17.2 Å². The molecule has 2 amide bonds. The zero-order valence-corrected chi connectivity index (χ0v) is 12.7. The fraction of sp³-hybridized carbons (Fsp3) is 0.111. The molecule has 4 nitrogen and oxygen atoms in total. The van der Waals surface area contributed by atoms with Gasteiger partial charge in [-0.2, -0.15) is 0 Å². The number of nitrogens with one attached hydrogen (secondary N) is 2. The standard InChI is InChI=1S/C18H17FN2O2/c1-3-17(22)21-16-6-4-5-13(10-16)18(23)20-11-14-7-8-15(19)9-12(14)2/h3-10H,1,11H2,2H3,(H,20,23)(H,21,22). The lowest BCUT2D eigenvalue weighted by molar-refractivity contribution is -0.111. The molecule has 0 aromatic heterocycles. The van der Waals surface area contributed by atoms with Crippen LogP contribution in [0.1, 0.15) is 21.5 Å². The quantitative estimate of drug-likeness (QED) is 0.833. The maximum atomic E-state index is 13.1. The summed E-state index contributed by atoms with van der Waals surface area (Å²) in [7, 11) is 0. The number of carbonyl (C=O) groups is 2. The maximum absolute atomic E-state index is 13.1. The summed E-state index contributed by atoms with van der Waals surface area (Å²) in [6.45, 7) is 5.46. The van der Waals surface area contributed by atoms with E-state index in [4.69, 9.17) is 0 Å². The van der Waals surface area contributed by atoms with Crippen LogP contribution in [0.4, 0.5) is 10.1 Å². The van der Waals surface area contributed by atoms with E-state index in [2.05, 4.69) is 17.2 Å². The highest BCUT2D eigenvalue weighted by Gasteiger charge is 2.08. The van der Waals surface area contributed by atoms with E-state index in [1.54, 1.807) is 37.3 Å². The SMILES string of the molecule is C=CC(=O)Nc1cccc(C(=O)NCc2ccc(F)cc2C)c1. The number of hydrogen-bond donors (Lipinski definition) is 2. The van der Waals surface area contributed by atoms with Gasteiger partial charge in [-0.05, 0) is 54.5 Å². The van der Waals surface area contributed by atoms with Crippen LogP contribution in [0.5, 0.6) is 0 Å². The minimum atomic E-state index is -0.343. The fourth-order valence-electron chi connectivity index (χ4n) is 2.07. The number of hydrogen-bond acceptors (Lipinski definition) is 2. The van der Waals surface area contributed by atoms with E-state index in [9.17, 15) is 14.0 Å². The molecule has 0 bridgehead atoms. The van der Waals surface area contributed by atoms with Crippen molar-refractivity contribution in [1.29, 1.82) is 0 Å². The Kier molecular flexibility index (Phi) is 5.25. The Balaban J connectivity index is 2.04. The van der Waals surface area contributed by atoms with Crippen molar-refractivity contribution in [2.75, 3.05) is 5.32 Å². The van der Waals surface area contributed by atoms with E-state index in [1.807, 2.05) is 0 Å². The van der Waals surface area contributed by atoms with Crippen LogP contribution in [0.3, 0.4) is 0 Å². The van der Waals surface area contributed by atoms with Gasteiger partial charge in [0.15, 0.2) is 0 Å². The Bertz CT molecular complexity index is 756. The lowest BCUT2D eigenvalue weighted by atomic mass is 10.1. The Hall–Kier alpha value is -2.95. The molecule has 2 aromatic carbocycles. The molecule has 0 aliphatic rings. The molecule has 0 spiro atoms. The van der Waals surface area contributed by atoms with Crippen LogP contribution in [-0.4, -0.2) is 11.8 Å². The van der Waals surface area contributed by atoms with Gasteiger partial charge in [-0.3, -0.25) is 9.59 Å². The fourth-order valence-corrected chi connectivity index (χ4v) is 2.07. The minimum absolute atomic E-state index is 0.275. The predicted octanol–water partition coefficient (Wildman–Crippen LogP) is 3.19. The smallest absolute Gasteiger partial charge is 0.251 e. The largest absolute Gasteiger partial charge is 0.348 e. The molecule has 23 heavy (non-hydrogen) atoms. The first-order valence-corrected chi connectivity index (χ1v) is 7.06. The normalized spacial score (nSPS) is 10.0. The topological polar surface area (TPSA) is 58.2 Å². The van der Waals surface area contributed by atoms with Crippen molar-refractivity contribution < 1.29 is 14.0 Å². The maximum Gasteiger partial charge on any atom is 0.251 e. The van der Waals surface area contributed by atoms with Gasteiger partial charge >= 0.3 is 0 Å². The number of benzene rings is 2. The summed E-state index contributed by atoms with van der Waals surface area (Å²) in [5.74, 6) is -0.920. The zero-order valence-electron chi connectivity index (χ0n) is 12.7. The lowest BCUT2D eigenvalue weighted by Gasteiger charge is -2.09. The Morgan fingerprint density at radius 2 is 2.00 bits per heavy atom. The molecule has 2 N–H and O–H groups in total. The summed E-state index contributed by atoms with van der Waals surface area (Å²) < 4.78 is 13.1. The van der Waals surface area contributed by atoms with Crippen molar-refractivity contribution in [2.24, 2.45) is 0 Å². The number of amides is 2. The second-order valence-corrected chi connectivity index (χ2v) is 5.03. The van der Waals surface area contributed by atoms with Gasteiger partial charge in [0.1, 0.15) is 5.82 Å². The van der Waals surface area contributed by atoms with Crippen molar-refractivity contribution in [3.63, 3.8) is 0 Å². The van der Waals surface area contributed by atoms with Gasteiger partial charge in [0.2, 0.25) is 5.91 Å². The molecule has 2 rings (SSSR count). The number of rotatable bonds is 5. The molecule has 0 heterocycles. The van der Waals surface area contributed by atoms with Gasteiger partial charge in [0, 0.05) is 17.8 Å². The third-order valence-corrected chi connectivity index (χ3v) is 3.32. The Labute approximate surface area is 134 Å². The van der Waals surface area contributed by atoms with Crippen molar-refractivity contribution in [3.8, 4) is 0 Å². The van der Waals surface area contributed by atoms with Crippen molar-refractivity contribution >= 4 is 17.5 Å². The molecule has 0 aliphatic heterocycles. The molecule has 2 aromatic rings. The molecular weight excluding hydrogens is 295 g/mol. The van der Waals surface area contributed by atoms with Crippen LogP contribution in [-0.2, 0) is 11.3 Å². The van der Waals surface area contributed by atoms with Crippen LogP contribution >= 0.6 is 0 Å². The molecule has 0 aliphatic carbocycles. The van der Waals surface area contributed by atoms with Gasteiger partial charge in [-0.15, -0.1) is 0 Å². The average Bonchev–Trinajstić information content (AvgIpc) is 2.54. The summed E-state index contributed by atoms with van der Waals surface area (Å²) in [5.41, 5.74) is 2.56. The zero-order chi connectivity index (χ0) is 16.8. The van der Waals surface area contributed by atoms with E-state index in [0.29, 0.717) is 17.8 Å². The van der Waals surface area contributed by atoms with Crippen molar-refractivity contribution in [1.82, 2.24) is 5.32 Å². The highest BCUT2D eigenvalue weighted by molar-refractivity contribution is 6.00. The van der Waals surface area contributed by atoms with Crippen LogP contribution in [0.25, 0.3) is 0 Å². The first-order chi connectivity index (χ1) is 11.0. The summed E-state index contributed by atoms with van der Waals surface area (Å²) in [5, 5.41) is 5.37. The van der Waals surface area contributed by atoms with Crippen molar-refractivity contribution in [3.05, 3.63) is 77.6 Å². The van der Waals surface area contributed by atoms with E-state index < -0.39 is 0 Å². The predicted molar refractivity (Wildman–Crippen MR) is 87.6 cm³/mol. The summed E-state index contributed by atoms with van der Waals surface area (Å²) >= 11 is 0. The molecule has 0 saturated carbocycles. The molecule has 0 saturated heterocycles. The first-order valence-electron chi connectivity index (χ1n) is 7.06. The summed E-state index contributed by atoms with van der Waals surface area (Å²) in [4.78, 5) is 23.5. The van der Waals surface area contributed by atoms with Crippen molar-refractivity contribution in [2.45, 2.75) is 13.5 Å². The molecule has 0 atom stereocenters. The number of anilines is 1. The average molecular weight is 312 g/mol. The lowest BCUT2D eigenvalue weighted by Crippen LogP contribution is -2.23. The Morgan fingerprint density at radius 3 is 2.70 bits per heavy atom. The van der Waals surface area contributed by atoms with E-state index >= 15 is 0 Å². The Morgan fingerprint density at radius 1 is 1.22 bits per heavy atom. The molecular formula is C18H17FN2O2. The van der Waals surface area contributed by atoms with E-state index in [1.165, 1.54) is 12.1 Å². The van der Waals surface area contributed by atoms with Gasteiger partial charge in [0.05, 0.1) is 0 Å². The van der Waals surface area contributed by atoms with Crippen LogP contribution in [0.15, 0.2) is 55.1 Å². The molecule has 118 valence electrons. The molecule has 0 radical (unpaired) electrons. The van der Waals surface area contributed by atoms with Gasteiger partial charge in [-0.1, -0.05) is 18.7 Å². The first kappa shape index (κ1) is 16.4. The highest BCUT2D eigenvalue weighted by Crippen LogP contribution is 2.12. The minimum Gasteiger partial charge on any atom is -0.348 e. The summed E-state index contributed by atoms with van der Waals surface area (Å²) in [6, 6.07) is 11.0. The van der Waals surface area contributed by atoms with Crippen LogP contribution < -0.4 is 10.6 Å². The number of carbonyl (C=O) groups excluding carboxylic acids is 2. The van der Waals surface area contributed by atoms with Gasteiger partial charge in [0.25, 0.3) is 5.91 Å². The number of aryl methyl sites for hydroxylation is 1. The molecule has 0 unspecified atom stereocenters. The molecule has 0 fully saturated rings. The molecule has 5 heteroatoms. The third-order valence-electron chi connectivity index (χ3n) is 3.32. The van der Waals surface area contributed by atoms with Gasteiger partial charge in [-0.25, -0.2) is 4.39 Å². The van der Waals surface area contributed by atoms with Crippen LogP contribution in [0, 0.1) is 12.7 Å². The number of halogens is 1. The monoisotopic (exact) mass is 312 g/mol. The van der Waals surface area contributed by atoms with Crippen LogP contribution in [0.2, 0.25) is 0 Å². The van der Waals surface area contributed by atoms with Gasteiger partial charge < -0.3 is 10.6 Å². The summed E-state index contributed by atoms with van der Waals surface area (Å²) in [6.07, 6.45) is 1.16. The van der Waals surface area contributed by atoms with E-state index in [-0.39, 0.29) is 17.6 Å². The second kappa shape index (κ2) is 7.35. The third kappa shape index (κ3) is 4.51. The second-order valence-electron chi connectivity index (χ2n) is 5.03.